The summed E-state index contributed by atoms with van der Waals surface area (Å²) in [4.78, 5) is 0. The van der Waals surface area contributed by atoms with Gasteiger partial charge in [-0.25, -0.2) is 0 Å². The van der Waals surface area contributed by atoms with Crippen molar-refractivity contribution in [3.05, 3.63) is 29.3 Å². The van der Waals surface area contributed by atoms with E-state index in [0.717, 1.165) is 5.75 Å². The average Bonchev–Trinajstić information content (AvgIpc) is 1.95. The second-order valence-corrected chi connectivity index (χ2v) is 2.24. The molecule has 10 heavy (non-hydrogen) atoms. The highest BCUT2D eigenvalue weighted by Gasteiger charge is 1.90. The first-order chi connectivity index (χ1) is 4.83. The molecule has 0 unspecified atom stereocenters. The predicted molar refractivity (Wildman–Crippen MR) is 41.5 cm³/mol. The zero-order valence-electron chi connectivity index (χ0n) is 5.73. The van der Waals surface area contributed by atoms with Crippen molar-refractivity contribution < 1.29 is 4.74 Å². The fourth-order valence-electron chi connectivity index (χ4n) is 0.637. The van der Waals surface area contributed by atoms with Crippen molar-refractivity contribution in [2.75, 3.05) is 6.61 Å². The minimum atomic E-state index is 0.665. The third-order valence-corrected chi connectivity index (χ3v) is 1.28. The van der Waals surface area contributed by atoms with Crippen LogP contribution in [0.4, 0.5) is 0 Å². The normalized spacial score (nSPS) is 9.40. The second kappa shape index (κ2) is 3.47. The number of rotatable bonds is 2. The SMILES string of the molecule is CCOc1[c]cc(Cl)cc1. The molecule has 0 aliphatic heterocycles. The van der Waals surface area contributed by atoms with Crippen LogP contribution in [0, 0.1) is 6.07 Å². The summed E-state index contributed by atoms with van der Waals surface area (Å²) in [6.45, 7) is 2.60. The Morgan fingerprint density at radius 3 is 2.90 bits per heavy atom. The average molecular weight is 156 g/mol. The molecule has 2 heteroatoms. The van der Waals surface area contributed by atoms with Gasteiger partial charge in [-0.2, -0.15) is 0 Å². The van der Waals surface area contributed by atoms with Crippen LogP contribution in [0.5, 0.6) is 5.75 Å². The van der Waals surface area contributed by atoms with Crippen LogP contribution < -0.4 is 4.74 Å². The Kier molecular flexibility index (Phi) is 2.57. The smallest absolute Gasteiger partial charge is 0.127 e. The van der Waals surface area contributed by atoms with Crippen LogP contribution in [-0.2, 0) is 0 Å². The lowest BCUT2D eigenvalue weighted by molar-refractivity contribution is 0.339. The molecule has 1 aromatic rings. The lowest BCUT2D eigenvalue weighted by Crippen LogP contribution is -1.90. The number of benzene rings is 1. The minimum absolute atomic E-state index is 0.665. The Labute approximate surface area is 65.6 Å². The van der Waals surface area contributed by atoms with Gasteiger partial charge >= 0.3 is 0 Å². The van der Waals surface area contributed by atoms with E-state index in [-0.39, 0.29) is 0 Å². The fraction of sp³-hybridized carbons (Fsp3) is 0.250. The van der Waals surface area contributed by atoms with Gasteiger partial charge in [0.05, 0.1) is 6.61 Å². The Morgan fingerprint density at radius 1 is 1.60 bits per heavy atom. The van der Waals surface area contributed by atoms with E-state index < -0.39 is 0 Å². The van der Waals surface area contributed by atoms with Gasteiger partial charge in [0.2, 0.25) is 0 Å². The van der Waals surface area contributed by atoms with Crippen LogP contribution >= 0.6 is 11.6 Å². The van der Waals surface area contributed by atoms with Gasteiger partial charge in [-0.05, 0) is 25.1 Å². The van der Waals surface area contributed by atoms with E-state index in [4.69, 9.17) is 16.3 Å². The summed E-state index contributed by atoms with van der Waals surface area (Å²) in [5, 5.41) is 0.684. The van der Waals surface area contributed by atoms with E-state index in [1.54, 1.807) is 18.2 Å². The molecule has 0 amide bonds. The molecule has 0 aromatic heterocycles. The Balaban J connectivity index is 2.69. The van der Waals surface area contributed by atoms with Crippen molar-refractivity contribution in [3.63, 3.8) is 0 Å². The van der Waals surface area contributed by atoms with Gasteiger partial charge in [-0.1, -0.05) is 11.6 Å². The quantitative estimate of drug-likeness (QED) is 0.638. The fourth-order valence-corrected chi connectivity index (χ4v) is 0.754. The van der Waals surface area contributed by atoms with E-state index in [2.05, 4.69) is 6.07 Å². The van der Waals surface area contributed by atoms with E-state index >= 15 is 0 Å². The van der Waals surface area contributed by atoms with Crippen LogP contribution in [0.25, 0.3) is 0 Å². The lowest BCUT2D eigenvalue weighted by Gasteiger charge is -1.99. The molecule has 0 fully saturated rings. The van der Waals surface area contributed by atoms with Crippen molar-refractivity contribution in [2.24, 2.45) is 0 Å². The zero-order chi connectivity index (χ0) is 7.40. The largest absolute Gasteiger partial charge is 0.493 e. The zero-order valence-corrected chi connectivity index (χ0v) is 6.48. The van der Waals surface area contributed by atoms with E-state index in [1.165, 1.54) is 0 Å². The highest BCUT2D eigenvalue weighted by Crippen LogP contribution is 2.14. The summed E-state index contributed by atoms with van der Waals surface area (Å²) >= 11 is 5.63. The summed E-state index contributed by atoms with van der Waals surface area (Å²) in [6.07, 6.45) is 0. The lowest BCUT2D eigenvalue weighted by atomic mass is 10.3. The molecule has 1 aromatic carbocycles. The molecular formula is C8H8ClO. The minimum Gasteiger partial charge on any atom is -0.493 e. The maximum atomic E-state index is 5.63. The number of ether oxygens (including phenoxy) is 1. The van der Waals surface area contributed by atoms with Gasteiger partial charge in [0.1, 0.15) is 5.75 Å². The molecule has 0 bridgehead atoms. The second-order valence-electron chi connectivity index (χ2n) is 1.80. The van der Waals surface area contributed by atoms with Gasteiger partial charge in [0, 0.05) is 11.1 Å². The molecule has 1 nitrogen and oxygen atoms in total. The standard InChI is InChI=1S/C8H8ClO/c1-2-10-8-5-3-7(9)4-6-8/h3-5H,2H2,1H3. The van der Waals surface area contributed by atoms with Crippen molar-refractivity contribution in [1.82, 2.24) is 0 Å². The molecule has 1 radical (unpaired) electrons. The van der Waals surface area contributed by atoms with Crippen molar-refractivity contribution >= 4 is 11.6 Å². The first kappa shape index (κ1) is 7.42. The van der Waals surface area contributed by atoms with Gasteiger partial charge in [0.15, 0.2) is 0 Å². The van der Waals surface area contributed by atoms with E-state index in [9.17, 15) is 0 Å². The van der Waals surface area contributed by atoms with Crippen molar-refractivity contribution in [2.45, 2.75) is 6.92 Å². The Hall–Kier alpha value is -0.690. The number of hydrogen-bond acceptors (Lipinski definition) is 1. The monoisotopic (exact) mass is 155 g/mol. The van der Waals surface area contributed by atoms with Crippen LogP contribution in [-0.4, -0.2) is 6.61 Å². The third kappa shape index (κ3) is 1.92. The maximum Gasteiger partial charge on any atom is 0.127 e. The summed E-state index contributed by atoms with van der Waals surface area (Å²) in [5.41, 5.74) is 0. The van der Waals surface area contributed by atoms with Crippen molar-refractivity contribution in [3.8, 4) is 5.75 Å². The summed E-state index contributed by atoms with van der Waals surface area (Å²) in [7, 11) is 0. The number of hydrogen-bond donors (Lipinski definition) is 0. The topological polar surface area (TPSA) is 9.23 Å². The third-order valence-electron chi connectivity index (χ3n) is 1.05. The van der Waals surface area contributed by atoms with Gasteiger partial charge in [0.25, 0.3) is 0 Å². The molecule has 1 rings (SSSR count). The Morgan fingerprint density at radius 2 is 2.40 bits per heavy atom. The maximum absolute atomic E-state index is 5.63. The summed E-state index contributed by atoms with van der Waals surface area (Å²) < 4.78 is 5.15. The number of halogens is 1. The molecule has 0 atom stereocenters. The first-order valence-electron chi connectivity index (χ1n) is 3.13. The van der Waals surface area contributed by atoms with Crippen LogP contribution in [0.3, 0.4) is 0 Å². The van der Waals surface area contributed by atoms with E-state index in [0.29, 0.717) is 11.6 Å². The molecule has 0 saturated carbocycles. The van der Waals surface area contributed by atoms with Crippen LogP contribution in [0.1, 0.15) is 6.92 Å². The van der Waals surface area contributed by atoms with Crippen LogP contribution in [0.2, 0.25) is 5.02 Å². The molecule has 0 spiro atoms. The van der Waals surface area contributed by atoms with Gasteiger partial charge < -0.3 is 4.74 Å². The molecular weight excluding hydrogens is 148 g/mol. The Bertz CT molecular complexity index is 193. The van der Waals surface area contributed by atoms with Gasteiger partial charge in [-0.15, -0.1) is 0 Å². The molecule has 0 aliphatic carbocycles. The van der Waals surface area contributed by atoms with Crippen LogP contribution in [0.15, 0.2) is 18.2 Å². The highest BCUT2D eigenvalue weighted by atomic mass is 35.5. The highest BCUT2D eigenvalue weighted by molar-refractivity contribution is 6.30. The summed E-state index contributed by atoms with van der Waals surface area (Å²) in [5.74, 6) is 0.743. The molecule has 0 aliphatic rings. The first-order valence-corrected chi connectivity index (χ1v) is 3.50. The van der Waals surface area contributed by atoms with E-state index in [1.807, 2.05) is 6.92 Å². The molecule has 0 heterocycles. The summed E-state index contributed by atoms with van der Waals surface area (Å²) in [6, 6.07) is 8.15. The van der Waals surface area contributed by atoms with Gasteiger partial charge in [-0.3, -0.25) is 0 Å². The predicted octanol–water partition coefficient (Wildman–Crippen LogP) is 2.54. The van der Waals surface area contributed by atoms with Crippen molar-refractivity contribution in [1.29, 1.82) is 0 Å². The molecule has 0 saturated heterocycles. The molecule has 0 N–H and O–H groups in total. The molecule has 53 valence electrons.